The van der Waals surface area contributed by atoms with E-state index in [1.54, 1.807) is 19.2 Å². The summed E-state index contributed by atoms with van der Waals surface area (Å²) in [4.78, 5) is 11.4. The van der Waals surface area contributed by atoms with Crippen LogP contribution in [0.15, 0.2) is 12.1 Å². The molecular weight excluding hydrogens is 328 g/mol. The van der Waals surface area contributed by atoms with Gasteiger partial charge in [-0.15, -0.1) is 0 Å². The molecule has 1 rings (SSSR count). The molecular formula is C16H26N4O5. The molecule has 0 aliphatic carbocycles. The number of carboxylic acid groups (broad SMARTS) is 1. The van der Waals surface area contributed by atoms with Gasteiger partial charge in [0.05, 0.1) is 26.9 Å². The Hall–Kier alpha value is -2.68. The average Bonchev–Trinajstić information content (AvgIpc) is 2.59. The van der Waals surface area contributed by atoms with Crippen molar-refractivity contribution in [2.75, 3.05) is 27.9 Å². The van der Waals surface area contributed by atoms with Gasteiger partial charge in [-0.05, 0) is 12.8 Å². The molecule has 1 aromatic carbocycles. The molecule has 0 saturated carbocycles. The number of carbonyl (C=O) groups is 1. The Labute approximate surface area is 147 Å². The first-order valence-electron chi connectivity index (χ1n) is 7.75. The lowest BCUT2D eigenvalue weighted by molar-refractivity contribution is -0.139. The average molecular weight is 354 g/mol. The number of benzene rings is 1. The molecule has 0 radical (unpaired) electrons. The van der Waals surface area contributed by atoms with E-state index >= 15 is 0 Å². The molecule has 0 fully saturated rings. The molecule has 140 valence electrons. The Balaban J connectivity index is 2.78. The van der Waals surface area contributed by atoms with Gasteiger partial charge in [-0.2, -0.15) is 0 Å². The van der Waals surface area contributed by atoms with Crippen LogP contribution in [-0.4, -0.2) is 51.0 Å². The van der Waals surface area contributed by atoms with E-state index in [9.17, 15) is 9.90 Å². The van der Waals surface area contributed by atoms with E-state index in [2.05, 4.69) is 10.6 Å². The molecule has 1 aromatic rings. The maximum Gasteiger partial charge on any atom is 0.320 e. The van der Waals surface area contributed by atoms with Gasteiger partial charge in [0, 0.05) is 25.2 Å². The molecule has 0 spiro atoms. The maximum atomic E-state index is 11.4. The topological polar surface area (TPSA) is 139 Å². The van der Waals surface area contributed by atoms with E-state index < -0.39 is 12.0 Å². The van der Waals surface area contributed by atoms with Crippen molar-refractivity contribution in [3.63, 3.8) is 0 Å². The van der Waals surface area contributed by atoms with Crippen molar-refractivity contribution < 1.29 is 24.1 Å². The minimum absolute atomic E-state index is 0.132. The lowest BCUT2D eigenvalue weighted by Gasteiger charge is -2.18. The first-order valence-corrected chi connectivity index (χ1v) is 7.75. The van der Waals surface area contributed by atoms with Crippen LogP contribution in [0.2, 0.25) is 0 Å². The fourth-order valence-corrected chi connectivity index (χ4v) is 2.32. The van der Waals surface area contributed by atoms with Crippen LogP contribution in [0, 0.1) is 5.41 Å². The molecule has 0 heterocycles. The lowest BCUT2D eigenvalue weighted by atomic mass is 10.1. The lowest BCUT2D eigenvalue weighted by Crippen LogP contribution is -2.38. The van der Waals surface area contributed by atoms with E-state index in [1.165, 1.54) is 14.2 Å². The fourth-order valence-electron chi connectivity index (χ4n) is 2.32. The molecule has 6 N–H and O–H groups in total. The Morgan fingerprint density at radius 2 is 1.84 bits per heavy atom. The number of ether oxygens (including phenoxy) is 3. The van der Waals surface area contributed by atoms with E-state index in [4.69, 9.17) is 25.4 Å². The second-order valence-electron chi connectivity index (χ2n) is 5.26. The van der Waals surface area contributed by atoms with Crippen LogP contribution >= 0.6 is 0 Å². The van der Waals surface area contributed by atoms with Crippen LogP contribution in [0.4, 0.5) is 0 Å². The van der Waals surface area contributed by atoms with Gasteiger partial charge in [-0.1, -0.05) is 0 Å². The normalized spacial score (nSPS) is 11.5. The summed E-state index contributed by atoms with van der Waals surface area (Å²) >= 11 is 0. The van der Waals surface area contributed by atoms with Crippen molar-refractivity contribution in [3.05, 3.63) is 17.7 Å². The van der Waals surface area contributed by atoms with E-state index in [-0.39, 0.29) is 12.5 Å². The van der Waals surface area contributed by atoms with Gasteiger partial charge in [0.25, 0.3) is 0 Å². The Morgan fingerprint density at radius 3 is 2.28 bits per heavy atom. The Kier molecular flexibility index (Phi) is 8.34. The molecule has 1 unspecified atom stereocenters. The summed E-state index contributed by atoms with van der Waals surface area (Å²) in [6.07, 6.45) is 0.941. The highest BCUT2D eigenvalue weighted by Gasteiger charge is 2.19. The molecule has 9 nitrogen and oxygen atoms in total. The van der Waals surface area contributed by atoms with Crippen LogP contribution in [0.5, 0.6) is 17.2 Å². The monoisotopic (exact) mass is 354 g/mol. The number of aliphatic carboxylic acids is 1. The first-order chi connectivity index (χ1) is 11.9. The predicted molar refractivity (Wildman–Crippen MR) is 93.5 cm³/mol. The van der Waals surface area contributed by atoms with Crippen molar-refractivity contribution in [3.8, 4) is 17.2 Å². The van der Waals surface area contributed by atoms with Gasteiger partial charge >= 0.3 is 5.97 Å². The van der Waals surface area contributed by atoms with Crippen molar-refractivity contribution in [2.24, 2.45) is 5.73 Å². The summed E-state index contributed by atoms with van der Waals surface area (Å²) in [6, 6.07) is 2.68. The van der Waals surface area contributed by atoms with Crippen molar-refractivity contribution in [2.45, 2.75) is 25.4 Å². The summed E-state index contributed by atoms with van der Waals surface area (Å²) in [5.74, 6) is 0.599. The molecule has 1 atom stereocenters. The zero-order valence-electron chi connectivity index (χ0n) is 14.7. The highest BCUT2D eigenvalue weighted by Crippen LogP contribution is 2.34. The number of rotatable bonds is 11. The van der Waals surface area contributed by atoms with Crippen LogP contribution < -0.4 is 30.6 Å². The quantitative estimate of drug-likeness (QED) is 0.220. The highest BCUT2D eigenvalue weighted by molar-refractivity contribution is 5.74. The number of hydrogen-bond donors (Lipinski definition) is 5. The van der Waals surface area contributed by atoms with Crippen molar-refractivity contribution >= 4 is 11.9 Å². The number of nitrogens with two attached hydrogens (primary N) is 1. The smallest absolute Gasteiger partial charge is 0.320 e. The van der Waals surface area contributed by atoms with Crippen molar-refractivity contribution in [1.29, 1.82) is 5.41 Å². The summed E-state index contributed by atoms with van der Waals surface area (Å²) in [7, 11) is 4.60. The minimum Gasteiger partial charge on any atom is -0.496 e. The zero-order valence-corrected chi connectivity index (χ0v) is 14.7. The third kappa shape index (κ3) is 6.38. The summed E-state index contributed by atoms with van der Waals surface area (Å²) in [5, 5.41) is 22.1. The highest BCUT2D eigenvalue weighted by atomic mass is 16.5. The van der Waals surface area contributed by atoms with Crippen LogP contribution in [0.1, 0.15) is 18.4 Å². The predicted octanol–water partition coefficient (Wildman–Crippen LogP) is 0.518. The zero-order chi connectivity index (χ0) is 18.8. The summed E-state index contributed by atoms with van der Waals surface area (Å²) < 4.78 is 15.9. The number of nitrogens with one attached hydrogen (secondary N) is 3. The number of hydrogen-bond acceptors (Lipinski definition) is 6. The largest absolute Gasteiger partial charge is 0.496 e. The van der Waals surface area contributed by atoms with Gasteiger partial charge < -0.3 is 35.7 Å². The SMILES string of the molecule is COc1cc(OC)c(CNC(CCCNC(=N)N)C(=O)O)c(OC)c1. The maximum absolute atomic E-state index is 11.4. The van der Waals surface area contributed by atoms with E-state index in [1.807, 2.05) is 0 Å². The molecule has 0 aromatic heterocycles. The van der Waals surface area contributed by atoms with E-state index in [0.29, 0.717) is 42.2 Å². The van der Waals surface area contributed by atoms with Crippen LogP contribution in [0.25, 0.3) is 0 Å². The fraction of sp³-hybridized carbons (Fsp3) is 0.500. The number of methoxy groups -OCH3 is 3. The molecule has 0 saturated heterocycles. The Bertz CT molecular complexity index is 569. The third-order valence-electron chi connectivity index (χ3n) is 3.63. The van der Waals surface area contributed by atoms with Crippen LogP contribution in [-0.2, 0) is 11.3 Å². The second kappa shape index (κ2) is 10.2. The van der Waals surface area contributed by atoms with Crippen LogP contribution in [0.3, 0.4) is 0 Å². The third-order valence-corrected chi connectivity index (χ3v) is 3.63. The van der Waals surface area contributed by atoms with Gasteiger partial charge in [0.1, 0.15) is 23.3 Å². The molecule has 25 heavy (non-hydrogen) atoms. The van der Waals surface area contributed by atoms with Gasteiger partial charge in [0.15, 0.2) is 5.96 Å². The standard InChI is InChI=1S/C16H26N4O5/c1-23-10-7-13(24-2)11(14(8-10)25-3)9-20-12(15(21)22)5-4-6-19-16(17)18/h7-8,12,20H,4-6,9H2,1-3H3,(H,21,22)(H4,17,18,19). The van der Waals surface area contributed by atoms with Gasteiger partial charge in [-0.3, -0.25) is 10.2 Å². The number of guanidine groups is 1. The summed E-state index contributed by atoms with van der Waals surface area (Å²) in [5.41, 5.74) is 5.90. The minimum atomic E-state index is -0.950. The Morgan fingerprint density at radius 1 is 1.24 bits per heavy atom. The van der Waals surface area contributed by atoms with E-state index in [0.717, 1.165) is 0 Å². The molecule has 0 aliphatic heterocycles. The van der Waals surface area contributed by atoms with Gasteiger partial charge in [-0.25, -0.2) is 0 Å². The first kappa shape index (κ1) is 20.4. The number of carboxylic acids is 1. The van der Waals surface area contributed by atoms with Crippen molar-refractivity contribution in [1.82, 2.24) is 10.6 Å². The molecule has 0 amide bonds. The molecule has 0 bridgehead atoms. The summed E-state index contributed by atoms with van der Waals surface area (Å²) in [6.45, 7) is 0.698. The molecule has 0 aliphatic rings. The molecule has 9 heteroatoms. The second-order valence-corrected chi connectivity index (χ2v) is 5.26. The van der Waals surface area contributed by atoms with Gasteiger partial charge in [0.2, 0.25) is 0 Å².